The van der Waals surface area contributed by atoms with Gasteiger partial charge < -0.3 is 10.6 Å². The molecule has 0 bridgehead atoms. The van der Waals surface area contributed by atoms with E-state index >= 15 is 0 Å². The van der Waals surface area contributed by atoms with Crippen LogP contribution in [0.1, 0.15) is 19.4 Å². The Morgan fingerprint density at radius 3 is 2.55 bits per heavy atom. The first-order valence-corrected chi connectivity index (χ1v) is 7.81. The van der Waals surface area contributed by atoms with Crippen LogP contribution in [0.5, 0.6) is 0 Å². The Morgan fingerprint density at radius 2 is 2.05 bits per heavy atom. The van der Waals surface area contributed by atoms with Crippen molar-refractivity contribution in [1.29, 1.82) is 0 Å². The molecule has 20 heavy (non-hydrogen) atoms. The Bertz CT molecular complexity index is 579. The number of nitrogens with one attached hydrogen (secondary N) is 1. The molecule has 1 aromatic rings. The molecule has 1 amide bonds. The van der Waals surface area contributed by atoms with Crippen LogP contribution < -0.4 is 10.5 Å². The van der Waals surface area contributed by atoms with E-state index in [1.54, 1.807) is 26.1 Å². The summed E-state index contributed by atoms with van der Waals surface area (Å²) in [5, 5.41) is 0. The summed E-state index contributed by atoms with van der Waals surface area (Å²) in [5.74, 6) is -0.289. The zero-order chi connectivity index (χ0) is 15.5. The molecular formula is C13H21N3O3S. The third-order valence-corrected chi connectivity index (χ3v) is 4.82. The van der Waals surface area contributed by atoms with E-state index < -0.39 is 16.1 Å². The van der Waals surface area contributed by atoms with Gasteiger partial charge in [0.1, 0.15) is 4.90 Å². The van der Waals surface area contributed by atoms with Crippen LogP contribution >= 0.6 is 0 Å². The highest BCUT2D eigenvalue weighted by Crippen LogP contribution is 2.22. The number of carbonyl (C=O) groups is 1. The first kappa shape index (κ1) is 16.5. The normalized spacial score (nSPS) is 13.0. The van der Waals surface area contributed by atoms with E-state index in [-0.39, 0.29) is 16.5 Å². The molecule has 0 saturated carbocycles. The lowest BCUT2D eigenvalue weighted by Crippen LogP contribution is -2.45. The molecule has 1 rings (SSSR count). The molecule has 7 heteroatoms. The highest BCUT2D eigenvalue weighted by molar-refractivity contribution is 7.89. The van der Waals surface area contributed by atoms with E-state index in [9.17, 15) is 13.2 Å². The second kappa shape index (κ2) is 6.23. The minimum atomic E-state index is -3.83. The van der Waals surface area contributed by atoms with E-state index in [4.69, 9.17) is 5.73 Å². The molecule has 0 spiro atoms. The predicted octanol–water partition coefficient (Wildman–Crippen LogP) is 0.722. The molecule has 1 aromatic carbocycles. The molecule has 0 fully saturated rings. The van der Waals surface area contributed by atoms with Crippen molar-refractivity contribution in [3.63, 3.8) is 0 Å². The SMILES string of the molecule is CCN(C)C(=O)C(C)NS(=O)(=O)c1c(C)cccc1N. The van der Waals surface area contributed by atoms with Crippen molar-refractivity contribution in [2.24, 2.45) is 0 Å². The summed E-state index contributed by atoms with van der Waals surface area (Å²) < 4.78 is 27.0. The number of anilines is 1. The molecule has 0 aromatic heterocycles. The number of nitrogens with zero attached hydrogens (tertiary/aromatic N) is 1. The van der Waals surface area contributed by atoms with Gasteiger partial charge in [0.25, 0.3) is 0 Å². The van der Waals surface area contributed by atoms with Crippen LogP contribution in [-0.2, 0) is 14.8 Å². The van der Waals surface area contributed by atoms with E-state index in [1.807, 2.05) is 6.92 Å². The highest BCUT2D eigenvalue weighted by Gasteiger charge is 2.26. The van der Waals surface area contributed by atoms with Crippen LogP contribution in [0.15, 0.2) is 23.1 Å². The summed E-state index contributed by atoms with van der Waals surface area (Å²) in [6, 6.07) is 4.02. The Labute approximate surface area is 120 Å². The summed E-state index contributed by atoms with van der Waals surface area (Å²) in [6.07, 6.45) is 0. The van der Waals surface area contributed by atoms with Crippen LogP contribution in [0, 0.1) is 6.92 Å². The van der Waals surface area contributed by atoms with Crippen molar-refractivity contribution in [3.8, 4) is 0 Å². The molecule has 0 aliphatic rings. The molecule has 1 unspecified atom stereocenters. The predicted molar refractivity (Wildman–Crippen MR) is 78.7 cm³/mol. The minimum absolute atomic E-state index is 0.0267. The monoisotopic (exact) mass is 299 g/mol. The number of hydrogen-bond acceptors (Lipinski definition) is 4. The van der Waals surface area contributed by atoms with Crippen molar-refractivity contribution in [3.05, 3.63) is 23.8 Å². The van der Waals surface area contributed by atoms with E-state index in [1.165, 1.54) is 17.9 Å². The fourth-order valence-electron chi connectivity index (χ4n) is 1.87. The maximum absolute atomic E-state index is 12.3. The lowest BCUT2D eigenvalue weighted by atomic mass is 10.2. The topological polar surface area (TPSA) is 92.5 Å². The molecule has 0 saturated heterocycles. The maximum atomic E-state index is 12.3. The van der Waals surface area contributed by atoms with Gasteiger partial charge in [-0.2, -0.15) is 4.72 Å². The molecule has 0 aliphatic carbocycles. The van der Waals surface area contributed by atoms with Gasteiger partial charge in [-0.25, -0.2) is 8.42 Å². The van der Waals surface area contributed by atoms with Gasteiger partial charge in [-0.15, -0.1) is 0 Å². The third-order valence-electron chi connectivity index (χ3n) is 3.06. The van der Waals surface area contributed by atoms with Crippen molar-refractivity contribution in [1.82, 2.24) is 9.62 Å². The van der Waals surface area contributed by atoms with Gasteiger partial charge in [-0.3, -0.25) is 4.79 Å². The first-order valence-electron chi connectivity index (χ1n) is 6.33. The highest BCUT2D eigenvalue weighted by atomic mass is 32.2. The number of nitrogen functional groups attached to an aromatic ring is 1. The quantitative estimate of drug-likeness (QED) is 0.784. The third kappa shape index (κ3) is 3.49. The number of aryl methyl sites for hydroxylation is 1. The van der Waals surface area contributed by atoms with E-state index in [0.29, 0.717) is 12.1 Å². The van der Waals surface area contributed by atoms with Gasteiger partial charge in [0.2, 0.25) is 15.9 Å². The standard InChI is InChI=1S/C13H21N3O3S/c1-5-16(4)13(17)10(3)15-20(18,19)12-9(2)7-6-8-11(12)14/h6-8,10,15H,5,14H2,1-4H3. The average Bonchev–Trinajstić information content (AvgIpc) is 2.35. The fourth-order valence-corrected chi connectivity index (χ4v) is 3.43. The summed E-state index contributed by atoms with van der Waals surface area (Å²) in [4.78, 5) is 13.4. The van der Waals surface area contributed by atoms with Crippen LogP contribution in [-0.4, -0.2) is 38.9 Å². The first-order chi connectivity index (χ1) is 9.20. The summed E-state index contributed by atoms with van der Waals surface area (Å²) in [7, 11) is -2.21. The number of likely N-dealkylation sites (N-methyl/N-ethyl adjacent to an activating group) is 1. The number of amides is 1. The smallest absolute Gasteiger partial charge is 0.243 e. The summed E-state index contributed by atoms with van der Waals surface area (Å²) >= 11 is 0. The van der Waals surface area contributed by atoms with Gasteiger partial charge in [-0.1, -0.05) is 12.1 Å². The zero-order valence-corrected chi connectivity index (χ0v) is 13.0. The van der Waals surface area contributed by atoms with Gasteiger partial charge in [0.05, 0.1) is 11.7 Å². The second-order valence-electron chi connectivity index (χ2n) is 4.69. The van der Waals surface area contributed by atoms with Crippen LogP contribution in [0.4, 0.5) is 5.69 Å². The fraction of sp³-hybridized carbons (Fsp3) is 0.462. The van der Waals surface area contributed by atoms with Gasteiger partial charge in [-0.05, 0) is 32.4 Å². The van der Waals surface area contributed by atoms with Crippen molar-refractivity contribution in [2.45, 2.75) is 31.7 Å². The summed E-state index contributed by atoms with van der Waals surface area (Å²) in [6.45, 7) is 5.51. The Kier molecular flexibility index (Phi) is 5.13. The zero-order valence-electron chi connectivity index (χ0n) is 12.2. The van der Waals surface area contributed by atoms with Crippen LogP contribution in [0.3, 0.4) is 0 Å². The van der Waals surface area contributed by atoms with Crippen molar-refractivity contribution >= 4 is 21.6 Å². The molecule has 0 aliphatic heterocycles. The van der Waals surface area contributed by atoms with Gasteiger partial charge >= 0.3 is 0 Å². The van der Waals surface area contributed by atoms with Crippen LogP contribution in [0.2, 0.25) is 0 Å². The minimum Gasteiger partial charge on any atom is -0.398 e. The number of carbonyl (C=O) groups excluding carboxylic acids is 1. The molecule has 0 radical (unpaired) electrons. The molecule has 6 nitrogen and oxygen atoms in total. The summed E-state index contributed by atoms with van der Waals surface area (Å²) in [5.41, 5.74) is 6.44. The lowest BCUT2D eigenvalue weighted by Gasteiger charge is -2.21. The molecule has 3 N–H and O–H groups in total. The maximum Gasteiger partial charge on any atom is 0.243 e. The van der Waals surface area contributed by atoms with Gasteiger partial charge in [0.15, 0.2) is 0 Å². The molecule has 1 atom stereocenters. The molecule has 0 heterocycles. The Morgan fingerprint density at radius 1 is 1.45 bits per heavy atom. The number of nitrogens with two attached hydrogens (primary N) is 1. The molecular weight excluding hydrogens is 278 g/mol. The Balaban J connectivity index is 3.05. The van der Waals surface area contributed by atoms with Crippen LogP contribution in [0.25, 0.3) is 0 Å². The Hall–Kier alpha value is -1.60. The second-order valence-corrected chi connectivity index (χ2v) is 6.34. The van der Waals surface area contributed by atoms with Gasteiger partial charge in [0, 0.05) is 13.6 Å². The number of benzene rings is 1. The number of hydrogen-bond donors (Lipinski definition) is 2. The molecule has 112 valence electrons. The van der Waals surface area contributed by atoms with Crippen molar-refractivity contribution in [2.75, 3.05) is 19.3 Å². The van der Waals surface area contributed by atoms with E-state index in [0.717, 1.165) is 0 Å². The lowest BCUT2D eigenvalue weighted by molar-refractivity contribution is -0.131. The number of rotatable bonds is 5. The van der Waals surface area contributed by atoms with E-state index in [2.05, 4.69) is 4.72 Å². The van der Waals surface area contributed by atoms with Crippen molar-refractivity contribution < 1.29 is 13.2 Å². The largest absolute Gasteiger partial charge is 0.398 e. The number of sulfonamides is 1. The average molecular weight is 299 g/mol.